The van der Waals surface area contributed by atoms with Crippen LogP contribution in [0, 0.1) is 0 Å². The van der Waals surface area contributed by atoms with Gasteiger partial charge in [0, 0.05) is 18.0 Å². The molecule has 164 valence electrons. The number of nitrogens with zero attached hydrogens (tertiary/aromatic N) is 3. The first-order valence-electron chi connectivity index (χ1n) is 10.4. The third kappa shape index (κ3) is 3.64. The van der Waals surface area contributed by atoms with Crippen LogP contribution < -0.4 is 9.64 Å². The van der Waals surface area contributed by atoms with Crippen molar-refractivity contribution in [3.05, 3.63) is 89.8 Å². The first kappa shape index (κ1) is 20.8. The van der Waals surface area contributed by atoms with Crippen molar-refractivity contribution in [2.75, 3.05) is 11.5 Å². The van der Waals surface area contributed by atoms with Crippen LogP contribution in [0.3, 0.4) is 0 Å². The van der Waals surface area contributed by atoms with E-state index in [1.807, 2.05) is 31.2 Å². The number of aromatic nitrogens is 2. The molecule has 2 aromatic carbocycles. The van der Waals surface area contributed by atoms with Gasteiger partial charge in [0.15, 0.2) is 5.13 Å². The van der Waals surface area contributed by atoms with Crippen molar-refractivity contribution < 1.29 is 19.4 Å². The first-order chi connectivity index (χ1) is 16.1. The zero-order valence-electron chi connectivity index (χ0n) is 17.6. The van der Waals surface area contributed by atoms with Crippen LogP contribution in [0.2, 0.25) is 0 Å². The van der Waals surface area contributed by atoms with Crippen molar-refractivity contribution in [1.29, 1.82) is 0 Å². The summed E-state index contributed by atoms with van der Waals surface area (Å²) in [6, 6.07) is 16.9. The molecule has 0 aliphatic carbocycles. The minimum atomic E-state index is -0.856. The molecule has 1 aliphatic rings. The number of carbonyl (C=O) groups excluding carboxylic acids is 2. The average molecular weight is 458 g/mol. The number of para-hydroxylation sites is 1. The summed E-state index contributed by atoms with van der Waals surface area (Å²) in [7, 11) is 0. The van der Waals surface area contributed by atoms with Crippen LogP contribution in [0.15, 0.2) is 78.6 Å². The van der Waals surface area contributed by atoms with E-state index in [0.29, 0.717) is 28.6 Å². The fraction of sp³-hybridized carbons (Fsp3) is 0.120. The molecule has 8 heteroatoms. The molecule has 1 aliphatic heterocycles. The van der Waals surface area contributed by atoms with Gasteiger partial charge in [0.05, 0.1) is 28.4 Å². The van der Waals surface area contributed by atoms with Crippen molar-refractivity contribution in [2.24, 2.45) is 0 Å². The van der Waals surface area contributed by atoms with Gasteiger partial charge in [-0.1, -0.05) is 29.5 Å². The number of fused-ring (bicyclic) bond motifs is 1. The van der Waals surface area contributed by atoms with Crippen molar-refractivity contribution in [1.82, 2.24) is 9.97 Å². The molecule has 4 aromatic rings. The standard InChI is InChI=1S/C25H19N3O4S/c1-2-32-17-11-9-15(10-12-17)22(29)20-21(16-6-5-13-26-14-16)28(24(31)23(20)30)25-27-18-7-3-4-8-19(18)33-25/h3-14,21,29H,2H2,1H3/b22-20+. The predicted molar refractivity (Wildman–Crippen MR) is 126 cm³/mol. The number of carbonyl (C=O) groups is 2. The van der Waals surface area contributed by atoms with Crippen LogP contribution >= 0.6 is 11.3 Å². The number of anilines is 1. The lowest BCUT2D eigenvalue weighted by Crippen LogP contribution is -2.29. The smallest absolute Gasteiger partial charge is 0.301 e. The zero-order valence-corrected chi connectivity index (χ0v) is 18.5. The van der Waals surface area contributed by atoms with Crippen LogP contribution in [0.25, 0.3) is 16.0 Å². The molecule has 2 aromatic heterocycles. The van der Waals surface area contributed by atoms with Gasteiger partial charge in [-0.15, -0.1) is 0 Å². The van der Waals surface area contributed by atoms with E-state index in [1.165, 1.54) is 16.2 Å². The molecule has 3 heterocycles. The number of aliphatic hydroxyl groups is 1. The van der Waals surface area contributed by atoms with E-state index >= 15 is 0 Å². The Bertz CT molecular complexity index is 1350. The highest BCUT2D eigenvalue weighted by molar-refractivity contribution is 7.22. The number of benzene rings is 2. The second-order valence-corrected chi connectivity index (χ2v) is 8.39. The van der Waals surface area contributed by atoms with E-state index in [4.69, 9.17) is 4.74 Å². The number of thiazole rings is 1. The van der Waals surface area contributed by atoms with E-state index in [0.717, 1.165) is 10.2 Å². The second kappa shape index (κ2) is 8.48. The fourth-order valence-electron chi connectivity index (χ4n) is 3.88. The molecule has 1 saturated heterocycles. The highest BCUT2D eigenvalue weighted by atomic mass is 32.1. The maximum atomic E-state index is 13.2. The monoisotopic (exact) mass is 457 g/mol. The Balaban J connectivity index is 1.67. The van der Waals surface area contributed by atoms with E-state index in [-0.39, 0.29) is 11.3 Å². The topological polar surface area (TPSA) is 92.6 Å². The summed E-state index contributed by atoms with van der Waals surface area (Å²) in [5, 5.41) is 11.6. The number of amides is 1. The minimum Gasteiger partial charge on any atom is -0.507 e. The Morgan fingerprint density at radius 3 is 2.58 bits per heavy atom. The first-order valence-corrected chi connectivity index (χ1v) is 11.2. The second-order valence-electron chi connectivity index (χ2n) is 7.38. The van der Waals surface area contributed by atoms with Crippen molar-refractivity contribution in [3.8, 4) is 5.75 Å². The summed E-state index contributed by atoms with van der Waals surface area (Å²) in [4.78, 5) is 36.5. The normalized spacial score (nSPS) is 17.6. The maximum Gasteiger partial charge on any atom is 0.301 e. The van der Waals surface area contributed by atoms with Crippen LogP contribution in [-0.4, -0.2) is 33.4 Å². The third-order valence-electron chi connectivity index (χ3n) is 5.37. The van der Waals surface area contributed by atoms with Crippen LogP contribution in [-0.2, 0) is 9.59 Å². The Morgan fingerprint density at radius 2 is 1.88 bits per heavy atom. The van der Waals surface area contributed by atoms with Gasteiger partial charge in [0.25, 0.3) is 5.78 Å². The Labute approximate surface area is 193 Å². The zero-order chi connectivity index (χ0) is 22.9. The Hall–Kier alpha value is -4.04. The lowest BCUT2D eigenvalue weighted by Gasteiger charge is -2.22. The summed E-state index contributed by atoms with van der Waals surface area (Å²) < 4.78 is 6.35. The number of Topliss-reactive ketones (excluding diaryl/α,β-unsaturated/α-hetero) is 1. The number of ketones is 1. The molecular formula is C25H19N3O4S. The van der Waals surface area contributed by atoms with E-state index in [2.05, 4.69) is 9.97 Å². The molecule has 1 atom stereocenters. The van der Waals surface area contributed by atoms with Gasteiger partial charge < -0.3 is 9.84 Å². The molecule has 0 bridgehead atoms. The van der Waals surface area contributed by atoms with Gasteiger partial charge in [-0.3, -0.25) is 19.5 Å². The molecule has 7 nitrogen and oxygen atoms in total. The van der Waals surface area contributed by atoms with Gasteiger partial charge in [0.1, 0.15) is 11.5 Å². The SMILES string of the molecule is CCOc1ccc(/C(O)=C2\C(=O)C(=O)N(c3nc4ccccc4s3)C2c2cccnc2)cc1. The number of hydrogen-bond acceptors (Lipinski definition) is 7. The molecule has 1 unspecified atom stereocenters. The molecule has 5 rings (SSSR count). The average Bonchev–Trinajstić information content (AvgIpc) is 3.38. The summed E-state index contributed by atoms with van der Waals surface area (Å²) in [6.07, 6.45) is 3.20. The molecule has 1 fully saturated rings. The largest absolute Gasteiger partial charge is 0.507 e. The molecule has 1 N–H and O–H groups in total. The number of ether oxygens (including phenoxy) is 1. The van der Waals surface area contributed by atoms with Crippen LogP contribution in [0.1, 0.15) is 24.1 Å². The molecule has 0 radical (unpaired) electrons. The van der Waals surface area contributed by atoms with Crippen LogP contribution in [0.5, 0.6) is 5.75 Å². The quantitative estimate of drug-likeness (QED) is 0.265. The molecular weight excluding hydrogens is 438 g/mol. The third-order valence-corrected chi connectivity index (χ3v) is 6.41. The van der Waals surface area contributed by atoms with Gasteiger partial charge in [-0.25, -0.2) is 4.98 Å². The number of hydrogen-bond donors (Lipinski definition) is 1. The maximum absolute atomic E-state index is 13.2. The predicted octanol–water partition coefficient (Wildman–Crippen LogP) is 4.72. The molecule has 1 amide bonds. The van der Waals surface area contributed by atoms with E-state index in [9.17, 15) is 14.7 Å². The summed E-state index contributed by atoms with van der Waals surface area (Å²) >= 11 is 1.32. The van der Waals surface area contributed by atoms with Crippen molar-refractivity contribution in [3.63, 3.8) is 0 Å². The lowest BCUT2D eigenvalue weighted by molar-refractivity contribution is -0.132. The highest BCUT2D eigenvalue weighted by Gasteiger charge is 2.48. The molecule has 0 saturated carbocycles. The van der Waals surface area contributed by atoms with Gasteiger partial charge in [-0.2, -0.15) is 0 Å². The van der Waals surface area contributed by atoms with Gasteiger partial charge in [-0.05, 0) is 55.0 Å². The van der Waals surface area contributed by atoms with E-state index < -0.39 is 17.7 Å². The summed E-state index contributed by atoms with van der Waals surface area (Å²) in [5.74, 6) is -1.12. The van der Waals surface area contributed by atoms with Crippen LogP contribution in [0.4, 0.5) is 5.13 Å². The summed E-state index contributed by atoms with van der Waals surface area (Å²) in [6.45, 7) is 2.39. The Kier molecular flexibility index (Phi) is 5.35. The minimum absolute atomic E-state index is 0.00332. The molecule has 33 heavy (non-hydrogen) atoms. The highest BCUT2D eigenvalue weighted by Crippen LogP contribution is 2.44. The van der Waals surface area contributed by atoms with Gasteiger partial charge >= 0.3 is 5.91 Å². The number of rotatable bonds is 5. The van der Waals surface area contributed by atoms with E-state index in [1.54, 1.807) is 48.8 Å². The molecule has 0 spiro atoms. The number of aliphatic hydroxyl groups excluding tert-OH is 1. The van der Waals surface area contributed by atoms with Gasteiger partial charge in [0.2, 0.25) is 0 Å². The fourth-order valence-corrected chi connectivity index (χ4v) is 4.87. The summed E-state index contributed by atoms with van der Waals surface area (Å²) in [5.41, 5.74) is 1.74. The number of pyridine rings is 1. The van der Waals surface area contributed by atoms with Crippen molar-refractivity contribution in [2.45, 2.75) is 13.0 Å². The van der Waals surface area contributed by atoms with Crippen molar-refractivity contribution >= 4 is 44.1 Å². The Morgan fingerprint density at radius 1 is 1.09 bits per heavy atom. The lowest BCUT2D eigenvalue weighted by atomic mass is 9.96.